The zero-order chi connectivity index (χ0) is 12.5. The molecule has 0 saturated carbocycles. The van der Waals surface area contributed by atoms with Crippen molar-refractivity contribution in [2.45, 2.75) is 32.2 Å². The van der Waals surface area contributed by atoms with Gasteiger partial charge in [-0.15, -0.1) is 11.8 Å². The first-order valence-electron chi connectivity index (χ1n) is 5.76. The predicted molar refractivity (Wildman–Crippen MR) is 81.6 cm³/mol. The Labute approximate surface area is 117 Å². The third-order valence-corrected chi connectivity index (χ3v) is 3.76. The number of aromatic amines is 1. The van der Waals surface area contributed by atoms with Crippen LogP contribution in [0.25, 0.3) is 0 Å². The molecule has 0 spiro atoms. The van der Waals surface area contributed by atoms with E-state index >= 15 is 0 Å². The maximum Gasteiger partial charge on any atom is 0.178 e. The molecular weight excluding hydrogens is 268 g/mol. The van der Waals surface area contributed by atoms with Gasteiger partial charge in [-0.1, -0.05) is 31.6 Å². The molecule has 0 fully saturated rings. The largest absolute Gasteiger partial charge is 0.325 e. The quantitative estimate of drug-likeness (QED) is 0.552. The van der Waals surface area contributed by atoms with Gasteiger partial charge in [0, 0.05) is 12.7 Å². The fourth-order valence-corrected chi connectivity index (χ4v) is 2.55. The maximum absolute atomic E-state index is 5.20. The monoisotopic (exact) mass is 286 g/mol. The van der Waals surface area contributed by atoms with Crippen LogP contribution in [-0.2, 0) is 6.54 Å². The zero-order valence-electron chi connectivity index (χ0n) is 9.85. The molecule has 1 heterocycles. The molecule has 0 unspecified atom stereocenters. The van der Waals surface area contributed by atoms with Crippen molar-refractivity contribution >= 4 is 36.2 Å². The van der Waals surface area contributed by atoms with Crippen molar-refractivity contribution in [3.63, 3.8) is 0 Å². The maximum atomic E-state index is 5.20. The minimum absolute atomic E-state index is 0.702. The van der Waals surface area contributed by atoms with Gasteiger partial charge in [-0.2, -0.15) is 0 Å². The molecule has 1 aromatic heterocycles. The molecule has 1 rings (SSSR count). The lowest BCUT2D eigenvalue weighted by Gasteiger charge is -2.06. The van der Waals surface area contributed by atoms with Crippen molar-refractivity contribution in [1.29, 1.82) is 0 Å². The van der Waals surface area contributed by atoms with Crippen LogP contribution in [0.2, 0.25) is 0 Å². The molecule has 17 heavy (non-hydrogen) atoms. The van der Waals surface area contributed by atoms with Gasteiger partial charge < -0.3 is 9.55 Å². The third-order valence-electron chi connectivity index (χ3n) is 2.43. The summed E-state index contributed by atoms with van der Waals surface area (Å²) in [5.41, 5.74) is 0. The summed E-state index contributed by atoms with van der Waals surface area (Å²) in [5, 5.41) is 1.91. The minimum Gasteiger partial charge on any atom is -0.325 e. The number of hydrogen-bond acceptors (Lipinski definition) is 3. The summed E-state index contributed by atoms with van der Waals surface area (Å²) in [5.74, 6) is 1.18. The zero-order valence-corrected chi connectivity index (χ0v) is 12.3. The molecule has 0 aliphatic rings. The van der Waals surface area contributed by atoms with Gasteiger partial charge in [-0.25, -0.2) is 0 Å². The van der Waals surface area contributed by atoms with Crippen molar-refractivity contribution in [1.82, 2.24) is 9.55 Å². The van der Waals surface area contributed by atoms with E-state index in [0.29, 0.717) is 4.64 Å². The molecule has 0 bridgehead atoms. The van der Waals surface area contributed by atoms with Crippen LogP contribution in [0.4, 0.5) is 0 Å². The highest BCUT2D eigenvalue weighted by molar-refractivity contribution is 8.02. The Kier molecular flexibility index (Phi) is 7.48. The standard InChI is InChI=1S/C12H18N2S3/c1-2-17-10-6-4-3-5-8-14-9-7-11(15)13-12(14)16/h2,7,9H,1,3-6,8,10H2,(H,13,15,16). The Morgan fingerprint density at radius 1 is 1.29 bits per heavy atom. The normalized spacial score (nSPS) is 10.4. The number of hydrogen-bond donors (Lipinski definition) is 1. The Morgan fingerprint density at radius 2 is 2.06 bits per heavy atom. The van der Waals surface area contributed by atoms with E-state index in [1.54, 1.807) is 11.8 Å². The summed E-state index contributed by atoms with van der Waals surface area (Å²) in [6, 6.07) is 1.88. The summed E-state index contributed by atoms with van der Waals surface area (Å²) >= 11 is 12.0. The molecule has 1 N–H and O–H groups in total. The predicted octanol–water partition coefficient (Wildman–Crippen LogP) is 4.71. The molecule has 0 radical (unpaired) electrons. The van der Waals surface area contributed by atoms with E-state index < -0.39 is 0 Å². The van der Waals surface area contributed by atoms with Gasteiger partial charge in [-0.05, 0) is 42.3 Å². The number of nitrogens with one attached hydrogen (secondary N) is 1. The van der Waals surface area contributed by atoms with E-state index in [1.165, 1.54) is 25.0 Å². The average molecular weight is 286 g/mol. The highest BCUT2D eigenvalue weighted by Crippen LogP contribution is 2.08. The van der Waals surface area contributed by atoms with Crippen molar-refractivity contribution < 1.29 is 0 Å². The molecule has 0 amide bonds. The van der Waals surface area contributed by atoms with Crippen LogP contribution in [0.1, 0.15) is 25.7 Å². The minimum atomic E-state index is 0.702. The number of thioether (sulfide) groups is 1. The number of nitrogens with zero attached hydrogens (tertiary/aromatic N) is 1. The van der Waals surface area contributed by atoms with Crippen molar-refractivity contribution in [3.8, 4) is 0 Å². The molecule has 0 atom stereocenters. The van der Waals surface area contributed by atoms with E-state index in [1.807, 2.05) is 22.2 Å². The molecule has 5 heteroatoms. The second-order valence-electron chi connectivity index (χ2n) is 3.76. The second-order valence-corrected chi connectivity index (χ2v) is 5.66. The van der Waals surface area contributed by atoms with Crippen LogP contribution in [0, 0.1) is 9.41 Å². The van der Waals surface area contributed by atoms with Crippen LogP contribution < -0.4 is 0 Å². The fourth-order valence-electron chi connectivity index (χ4n) is 1.52. The first-order valence-corrected chi connectivity index (χ1v) is 7.63. The van der Waals surface area contributed by atoms with Gasteiger partial charge in [0.25, 0.3) is 0 Å². The fraction of sp³-hybridized carbons (Fsp3) is 0.500. The van der Waals surface area contributed by atoms with E-state index in [4.69, 9.17) is 24.4 Å². The molecule has 1 aromatic rings. The number of aromatic nitrogens is 2. The first kappa shape index (κ1) is 14.7. The Balaban J connectivity index is 2.20. The lowest BCUT2D eigenvalue weighted by molar-refractivity contribution is 0.570. The highest BCUT2D eigenvalue weighted by atomic mass is 32.2. The van der Waals surface area contributed by atoms with Crippen LogP contribution in [0.15, 0.2) is 24.3 Å². The summed E-state index contributed by atoms with van der Waals surface area (Å²) in [6.07, 6.45) is 6.91. The Morgan fingerprint density at radius 3 is 2.76 bits per heavy atom. The van der Waals surface area contributed by atoms with Gasteiger partial charge in [0.1, 0.15) is 4.64 Å². The summed E-state index contributed by atoms with van der Waals surface area (Å²) in [7, 11) is 0. The van der Waals surface area contributed by atoms with Gasteiger partial charge in [0.05, 0.1) is 0 Å². The molecular formula is C12H18N2S3. The number of rotatable bonds is 8. The third kappa shape index (κ3) is 6.19. The highest BCUT2D eigenvalue weighted by Gasteiger charge is 1.93. The Bertz CT molecular complexity index is 448. The van der Waals surface area contributed by atoms with E-state index in [-0.39, 0.29) is 0 Å². The molecule has 0 aliphatic carbocycles. The number of aryl methyl sites for hydroxylation is 1. The van der Waals surface area contributed by atoms with Gasteiger partial charge >= 0.3 is 0 Å². The second kappa shape index (κ2) is 8.66. The van der Waals surface area contributed by atoms with Crippen LogP contribution in [0.3, 0.4) is 0 Å². The van der Waals surface area contributed by atoms with Crippen LogP contribution >= 0.6 is 36.2 Å². The topological polar surface area (TPSA) is 20.7 Å². The van der Waals surface area contributed by atoms with Gasteiger partial charge in [-0.3, -0.25) is 0 Å². The molecule has 0 saturated heterocycles. The first-order chi connectivity index (χ1) is 8.24. The molecule has 2 nitrogen and oxygen atoms in total. The smallest absolute Gasteiger partial charge is 0.178 e. The number of H-pyrrole nitrogens is 1. The summed E-state index contributed by atoms with van der Waals surface area (Å²) < 4.78 is 3.47. The summed E-state index contributed by atoms with van der Waals surface area (Å²) in [4.78, 5) is 2.99. The van der Waals surface area contributed by atoms with E-state index in [2.05, 4.69) is 11.6 Å². The lowest BCUT2D eigenvalue weighted by Crippen LogP contribution is -2.01. The number of unbranched alkanes of at least 4 members (excludes halogenated alkanes) is 3. The van der Waals surface area contributed by atoms with Crippen molar-refractivity contribution in [3.05, 3.63) is 33.7 Å². The average Bonchev–Trinajstić information content (AvgIpc) is 2.30. The molecule has 0 aliphatic heterocycles. The summed E-state index contributed by atoms with van der Waals surface area (Å²) in [6.45, 7) is 4.66. The van der Waals surface area contributed by atoms with Gasteiger partial charge in [0.2, 0.25) is 0 Å². The van der Waals surface area contributed by atoms with E-state index in [0.717, 1.165) is 17.7 Å². The van der Waals surface area contributed by atoms with Crippen molar-refractivity contribution in [2.24, 2.45) is 0 Å². The van der Waals surface area contributed by atoms with Crippen LogP contribution in [0.5, 0.6) is 0 Å². The lowest BCUT2D eigenvalue weighted by atomic mass is 10.2. The van der Waals surface area contributed by atoms with Gasteiger partial charge in [0.15, 0.2) is 4.77 Å². The molecule has 94 valence electrons. The van der Waals surface area contributed by atoms with Crippen molar-refractivity contribution in [2.75, 3.05) is 5.75 Å². The SMILES string of the molecule is C=CSCCCCCCn1ccc(=S)[nH]c1=S. The van der Waals surface area contributed by atoms with E-state index in [9.17, 15) is 0 Å². The molecule has 0 aromatic carbocycles. The Hall–Kier alpha value is -0.390. The van der Waals surface area contributed by atoms with Crippen LogP contribution in [-0.4, -0.2) is 15.3 Å².